The van der Waals surface area contributed by atoms with Crippen LogP contribution in [0.4, 0.5) is 11.4 Å². The molecule has 1 fully saturated rings. The van der Waals surface area contributed by atoms with E-state index in [2.05, 4.69) is 38.6 Å². The summed E-state index contributed by atoms with van der Waals surface area (Å²) in [6.07, 6.45) is 5.11. The van der Waals surface area contributed by atoms with Gasteiger partial charge in [0.05, 0.1) is 24.5 Å². The Morgan fingerprint density at radius 1 is 1.28 bits per heavy atom. The van der Waals surface area contributed by atoms with Gasteiger partial charge in [0.15, 0.2) is 0 Å². The van der Waals surface area contributed by atoms with Gasteiger partial charge in [0.1, 0.15) is 5.75 Å². The molecule has 130 valence electrons. The number of nitrogens with one attached hydrogen (secondary N) is 1. The van der Waals surface area contributed by atoms with Crippen LogP contribution in [0.2, 0.25) is 0 Å². The molecule has 2 aromatic heterocycles. The molecule has 25 heavy (non-hydrogen) atoms. The highest BCUT2D eigenvalue weighted by Crippen LogP contribution is 2.29. The lowest BCUT2D eigenvalue weighted by Crippen LogP contribution is -2.25. The maximum absolute atomic E-state index is 5.33. The highest BCUT2D eigenvalue weighted by Gasteiger charge is 2.24. The van der Waals surface area contributed by atoms with Crippen LogP contribution in [0.25, 0.3) is 10.9 Å². The van der Waals surface area contributed by atoms with E-state index in [1.165, 1.54) is 5.69 Å². The molecule has 0 amide bonds. The highest BCUT2D eigenvalue weighted by molar-refractivity contribution is 5.92. The fourth-order valence-corrected chi connectivity index (χ4v) is 3.49. The molecule has 1 N–H and O–H groups in total. The van der Waals surface area contributed by atoms with Crippen LogP contribution in [0.1, 0.15) is 12.1 Å². The molecular weight excluding hydrogens is 314 g/mol. The Labute approximate surface area is 147 Å². The Bertz CT molecular complexity index is 904. The van der Waals surface area contributed by atoms with Crippen LogP contribution < -0.4 is 15.0 Å². The van der Waals surface area contributed by atoms with Gasteiger partial charge in [0.25, 0.3) is 0 Å². The summed E-state index contributed by atoms with van der Waals surface area (Å²) in [7, 11) is 3.64. The molecule has 1 atom stereocenters. The van der Waals surface area contributed by atoms with Crippen molar-refractivity contribution < 1.29 is 4.74 Å². The fraction of sp³-hybridized carbons (Fsp3) is 0.368. The van der Waals surface area contributed by atoms with E-state index in [1.807, 2.05) is 37.0 Å². The Balaban J connectivity index is 1.56. The summed E-state index contributed by atoms with van der Waals surface area (Å²) >= 11 is 0. The van der Waals surface area contributed by atoms with Crippen molar-refractivity contribution in [1.82, 2.24) is 14.8 Å². The average molecular weight is 337 g/mol. The van der Waals surface area contributed by atoms with Crippen LogP contribution in [0.5, 0.6) is 5.75 Å². The standard InChI is InChI=1S/C19H23N5O/c1-13-8-18(17-5-4-16(25-3)9-19(17)21-13)22-14-6-7-24(11-14)15-10-20-23(2)12-15/h4-5,8-10,12,14H,6-7,11H2,1-3H3,(H,21,22). The largest absolute Gasteiger partial charge is 0.497 e. The number of ether oxygens (including phenoxy) is 1. The van der Waals surface area contributed by atoms with Gasteiger partial charge in [-0.15, -0.1) is 0 Å². The van der Waals surface area contributed by atoms with Gasteiger partial charge in [0, 0.05) is 55.2 Å². The summed E-state index contributed by atoms with van der Waals surface area (Å²) in [6.45, 7) is 4.05. The minimum atomic E-state index is 0.410. The zero-order valence-electron chi connectivity index (χ0n) is 14.9. The second-order valence-electron chi connectivity index (χ2n) is 6.64. The first-order chi connectivity index (χ1) is 12.1. The lowest BCUT2D eigenvalue weighted by atomic mass is 10.1. The number of aromatic nitrogens is 3. The molecule has 0 saturated carbocycles. The number of fused-ring (bicyclic) bond motifs is 1. The van der Waals surface area contributed by atoms with Crippen LogP contribution in [0.3, 0.4) is 0 Å². The smallest absolute Gasteiger partial charge is 0.121 e. The second-order valence-corrected chi connectivity index (χ2v) is 6.64. The predicted octanol–water partition coefficient (Wildman–Crippen LogP) is 2.98. The number of aryl methyl sites for hydroxylation is 2. The van der Waals surface area contributed by atoms with Crippen molar-refractivity contribution in [2.75, 3.05) is 30.4 Å². The Morgan fingerprint density at radius 2 is 2.16 bits per heavy atom. The summed E-state index contributed by atoms with van der Waals surface area (Å²) < 4.78 is 7.18. The maximum Gasteiger partial charge on any atom is 0.121 e. The molecule has 4 rings (SSSR count). The van der Waals surface area contributed by atoms with E-state index in [1.54, 1.807) is 7.11 Å². The normalized spacial score (nSPS) is 17.2. The van der Waals surface area contributed by atoms with Gasteiger partial charge in [-0.1, -0.05) is 0 Å². The van der Waals surface area contributed by atoms with E-state index in [0.717, 1.165) is 47.5 Å². The second kappa shape index (κ2) is 6.27. The third-order valence-corrected chi connectivity index (χ3v) is 4.75. The first-order valence-electron chi connectivity index (χ1n) is 8.58. The van der Waals surface area contributed by atoms with E-state index in [0.29, 0.717) is 6.04 Å². The third kappa shape index (κ3) is 3.12. The number of pyridine rings is 1. The van der Waals surface area contributed by atoms with Crippen molar-refractivity contribution in [1.29, 1.82) is 0 Å². The monoisotopic (exact) mass is 337 g/mol. The first-order valence-corrected chi connectivity index (χ1v) is 8.58. The van der Waals surface area contributed by atoms with Crippen molar-refractivity contribution in [3.8, 4) is 5.75 Å². The summed E-state index contributed by atoms with van der Waals surface area (Å²) in [5.74, 6) is 0.833. The molecule has 0 aliphatic carbocycles. The zero-order valence-corrected chi connectivity index (χ0v) is 14.9. The summed E-state index contributed by atoms with van der Waals surface area (Å²) in [6, 6.07) is 8.59. The van der Waals surface area contributed by atoms with Crippen LogP contribution in [-0.4, -0.2) is 41.0 Å². The quantitative estimate of drug-likeness (QED) is 0.793. The van der Waals surface area contributed by atoms with Gasteiger partial charge in [-0.05, 0) is 31.5 Å². The van der Waals surface area contributed by atoms with E-state index in [4.69, 9.17) is 4.74 Å². The van der Waals surface area contributed by atoms with Gasteiger partial charge < -0.3 is 15.0 Å². The molecule has 6 nitrogen and oxygen atoms in total. The van der Waals surface area contributed by atoms with Crippen molar-refractivity contribution in [3.05, 3.63) is 42.4 Å². The van der Waals surface area contributed by atoms with Crippen LogP contribution in [0.15, 0.2) is 36.7 Å². The molecule has 1 unspecified atom stereocenters. The number of hydrogen-bond acceptors (Lipinski definition) is 5. The number of hydrogen-bond donors (Lipinski definition) is 1. The number of methoxy groups -OCH3 is 1. The van der Waals surface area contributed by atoms with Crippen molar-refractivity contribution in [2.45, 2.75) is 19.4 Å². The molecule has 1 saturated heterocycles. The first kappa shape index (κ1) is 15.7. The molecule has 1 aliphatic heterocycles. The SMILES string of the molecule is COc1ccc2c(NC3CCN(c4cnn(C)c4)C3)cc(C)nc2c1. The lowest BCUT2D eigenvalue weighted by Gasteiger charge is -2.19. The Kier molecular flexibility index (Phi) is 3.95. The van der Waals surface area contributed by atoms with Crippen LogP contribution in [0, 0.1) is 6.92 Å². The van der Waals surface area contributed by atoms with Crippen LogP contribution in [-0.2, 0) is 7.05 Å². The number of rotatable bonds is 4. The number of nitrogens with zero attached hydrogens (tertiary/aromatic N) is 4. The van der Waals surface area contributed by atoms with Gasteiger partial charge in [-0.3, -0.25) is 9.67 Å². The molecule has 3 aromatic rings. The molecule has 0 spiro atoms. The molecule has 6 heteroatoms. The molecule has 1 aliphatic rings. The zero-order chi connectivity index (χ0) is 17.4. The lowest BCUT2D eigenvalue weighted by molar-refractivity contribution is 0.415. The fourth-order valence-electron chi connectivity index (χ4n) is 3.49. The minimum Gasteiger partial charge on any atom is -0.497 e. The highest BCUT2D eigenvalue weighted by atomic mass is 16.5. The van der Waals surface area contributed by atoms with Gasteiger partial charge in [-0.25, -0.2) is 0 Å². The molecule has 0 radical (unpaired) electrons. The maximum atomic E-state index is 5.33. The van der Waals surface area contributed by atoms with E-state index in [9.17, 15) is 0 Å². The Morgan fingerprint density at radius 3 is 2.92 bits per heavy atom. The molecular formula is C19H23N5O. The van der Waals surface area contributed by atoms with Gasteiger partial charge in [0.2, 0.25) is 0 Å². The molecule has 0 bridgehead atoms. The predicted molar refractivity (Wildman–Crippen MR) is 100 cm³/mol. The summed E-state index contributed by atoms with van der Waals surface area (Å²) in [5.41, 5.74) is 4.30. The topological polar surface area (TPSA) is 55.2 Å². The number of anilines is 2. The summed E-state index contributed by atoms with van der Waals surface area (Å²) in [4.78, 5) is 7.02. The summed E-state index contributed by atoms with van der Waals surface area (Å²) in [5, 5.41) is 9.12. The van der Waals surface area contributed by atoms with Crippen molar-refractivity contribution in [3.63, 3.8) is 0 Å². The van der Waals surface area contributed by atoms with Crippen molar-refractivity contribution >= 4 is 22.3 Å². The van der Waals surface area contributed by atoms with Crippen LogP contribution >= 0.6 is 0 Å². The Hall–Kier alpha value is -2.76. The third-order valence-electron chi connectivity index (χ3n) is 4.75. The van der Waals surface area contributed by atoms with E-state index >= 15 is 0 Å². The van der Waals surface area contributed by atoms with E-state index in [-0.39, 0.29) is 0 Å². The van der Waals surface area contributed by atoms with E-state index < -0.39 is 0 Å². The van der Waals surface area contributed by atoms with Gasteiger partial charge >= 0.3 is 0 Å². The van der Waals surface area contributed by atoms with Gasteiger partial charge in [-0.2, -0.15) is 5.10 Å². The number of benzene rings is 1. The molecule has 3 heterocycles. The molecule has 1 aromatic carbocycles. The minimum absolute atomic E-state index is 0.410. The van der Waals surface area contributed by atoms with Crippen molar-refractivity contribution in [2.24, 2.45) is 7.05 Å². The average Bonchev–Trinajstić information content (AvgIpc) is 3.23.